The van der Waals surface area contributed by atoms with Crippen LogP contribution in [0.5, 0.6) is 0 Å². The Labute approximate surface area is 95.9 Å². The van der Waals surface area contributed by atoms with Gasteiger partial charge in [0.1, 0.15) is 0 Å². The number of aromatic amines is 1. The summed E-state index contributed by atoms with van der Waals surface area (Å²) in [4.78, 5) is 0. The summed E-state index contributed by atoms with van der Waals surface area (Å²) < 4.78 is 0. The van der Waals surface area contributed by atoms with Crippen LogP contribution in [0, 0.1) is 6.92 Å². The predicted molar refractivity (Wildman–Crippen MR) is 65.0 cm³/mol. The zero-order valence-electron chi connectivity index (χ0n) is 9.70. The highest BCUT2D eigenvalue weighted by molar-refractivity contribution is 5.19. The van der Waals surface area contributed by atoms with E-state index in [2.05, 4.69) is 46.7 Å². The minimum Gasteiger partial charge on any atom is -0.306 e. The Hall–Kier alpha value is -1.61. The average molecular weight is 215 g/mol. The number of aryl methyl sites for hydroxylation is 1. The van der Waals surface area contributed by atoms with Crippen LogP contribution in [-0.4, -0.2) is 10.2 Å². The van der Waals surface area contributed by atoms with Gasteiger partial charge in [-0.15, -0.1) is 0 Å². The number of nitrogens with zero attached hydrogens (tertiary/aromatic N) is 1. The predicted octanol–water partition coefficient (Wildman–Crippen LogP) is 2.57. The van der Waals surface area contributed by atoms with Crippen molar-refractivity contribution >= 4 is 0 Å². The van der Waals surface area contributed by atoms with Gasteiger partial charge in [0.15, 0.2) is 0 Å². The van der Waals surface area contributed by atoms with Crippen molar-refractivity contribution in [3.63, 3.8) is 0 Å². The van der Waals surface area contributed by atoms with Crippen LogP contribution < -0.4 is 5.32 Å². The number of nitrogens with one attached hydrogen (secondary N) is 2. The fourth-order valence-corrected chi connectivity index (χ4v) is 1.68. The lowest BCUT2D eigenvalue weighted by atomic mass is 10.1. The molecule has 16 heavy (non-hydrogen) atoms. The smallest absolute Gasteiger partial charge is 0.0535 e. The van der Waals surface area contributed by atoms with E-state index in [-0.39, 0.29) is 0 Å². The van der Waals surface area contributed by atoms with E-state index in [1.54, 1.807) is 0 Å². The number of rotatable bonds is 4. The van der Waals surface area contributed by atoms with Crippen LogP contribution in [0.2, 0.25) is 0 Å². The van der Waals surface area contributed by atoms with Crippen molar-refractivity contribution in [3.05, 3.63) is 53.3 Å². The maximum atomic E-state index is 4.01. The molecule has 1 heterocycles. The first-order valence-corrected chi connectivity index (χ1v) is 5.54. The first kappa shape index (κ1) is 10.9. The van der Waals surface area contributed by atoms with Gasteiger partial charge in [0.25, 0.3) is 0 Å². The monoisotopic (exact) mass is 215 g/mol. The van der Waals surface area contributed by atoms with Crippen LogP contribution in [0.3, 0.4) is 0 Å². The quantitative estimate of drug-likeness (QED) is 0.823. The standard InChI is InChI=1S/C13H17N3/c1-10(12-6-4-3-5-7-12)14-8-13-9-15-16-11(13)2/h3-7,9-10,14H,8H2,1-2H3,(H,15,16)/t10-/m0/s1. The Morgan fingerprint density at radius 3 is 2.69 bits per heavy atom. The number of aromatic nitrogens is 2. The van der Waals surface area contributed by atoms with Gasteiger partial charge in [0.2, 0.25) is 0 Å². The largest absolute Gasteiger partial charge is 0.306 e. The number of H-pyrrole nitrogens is 1. The molecule has 2 rings (SSSR count). The van der Waals surface area contributed by atoms with Crippen LogP contribution in [0.15, 0.2) is 36.5 Å². The van der Waals surface area contributed by atoms with Gasteiger partial charge in [-0.2, -0.15) is 5.10 Å². The molecule has 0 saturated carbocycles. The van der Waals surface area contributed by atoms with Gasteiger partial charge in [-0.3, -0.25) is 5.10 Å². The minimum atomic E-state index is 0.357. The second-order valence-electron chi connectivity index (χ2n) is 4.03. The number of hydrogen-bond donors (Lipinski definition) is 2. The number of hydrogen-bond acceptors (Lipinski definition) is 2. The second-order valence-corrected chi connectivity index (χ2v) is 4.03. The molecule has 0 aliphatic carbocycles. The van der Waals surface area contributed by atoms with Crippen molar-refractivity contribution < 1.29 is 0 Å². The SMILES string of the molecule is Cc1[nH]ncc1CN[C@@H](C)c1ccccc1. The lowest BCUT2D eigenvalue weighted by Crippen LogP contribution is -2.18. The topological polar surface area (TPSA) is 40.7 Å². The van der Waals surface area contributed by atoms with Crippen molar-refractivity contribution in [2.45, 2.75) is 26.4 Å². The summed E-state index contributed by atoms with van der Waals surface area (Å²) in [6.45, 7) is 5.06. The highest BCUT2D eigenvalue weighted by Gasteiger charge is 2.05. The van der Waals surface area contributed by atoms with Gasteiger partial charge in [0, 0.05) is 23.8 Å². The Kier molecular flexibility index (Phi) is 3.37. The summed E-state index contributed by atoms with van der Waals surface area (Å²) in [5.41, 5.74) is 3.67. The molecule has 2 N–H and O–H groups in total. The third-order valence-corrected chi connectivity index (χ3v) is 2.83. The zero-order chi connectivity index (χ0) is 11.4. The van der Waals surface area contributed by atoms with E-state index in [0.717, 1.165) is 12.2 Å². The summed E-state index contributed by atoms with van der Waals surface area (Å²) >= 11 is 0. The van der Waals surface area contributed by atoms with Crippen molar-refractivity contribution in [2.24, 2.45) is 0 Å². The Balaban J connectivity index is 1.94. The maximum absolute atomic E-state index is 4.01. The molecule has 0 spiro atoms. The van der Waals surface area contributed by atoms with E-state index in [4.69, 9.17) is 0 Å². The molecule has 84 valence electrons. The molecule has 0 unspecified atom stereocenters. The van der Waals surface area contributed by atoms with E-state index in [9.17, 15) is 0 Å². The van der Waals surface area contributed by atoms with Gasteiger partial charge < -0.3 is 5.32 Å². The van der Waals surface area contributed by atoms with E-state index in [0.29, 0.717) is 6.04 Å². The summed E-state index contributed by atoms with van der Waals surface area (Å²) in [5.74, 6) is 0. The van der Waals surface area contributed by atoms with Crippen LogP contribution in [0.1, 0.15) is 29.8 Å². The molecule has 0 aliphatic heterocycles. The molecule has 3 heteroatoms. The van der Waals surface area contributed by atoms with Crippen molar-refractivity contribution in [1.29, 1.82) is 0 Å². The molecular weight excluding hydrogens is 198 g/mol. The van der Waals surface area contributed by atoms with Crippen molar-refractivity contribution in [2.75, 3.05) is 0 Å². The van der Waals surface area contributed by atoms with E-state index in [1.807, 2.05) is 19.2 Å². The molecule has 3 nitrogen and oxygen atoms in total. The number of benzene rings is 1. The van der Waals surface area contributed by atoms with Crippen LogP contribution in [0.25, 0.3) is 0 Å². The van der Waals surface area contributed by atoms with Crippen LogP contribution >= 0.6 is 0 Å². The van der Waals surface area contributed by atoms with Gasteiger partial charge in [-0.25, -0.2) is 0 Å². The molecule has 0 saturated heterocycles. The summed E-state index contributed by atoms with van der Waals surface area (Å²) in [6, 6.07) is 10.8. The molecule has 0 amide bonds. The fraction of sp³-hybridized carbons (Fsp3) is 0.308. The van der Waals surface area contributed by atoms with Crippen LogP contribution in [-0.2, 0) is 6.54 Å². The molecule has 2 aromatic rings. The molecule has 1 aromatic carbocycles. The highest BCUT2D eigenvalue weighted by atomic mass is 15.1. The summed E-state index contributed by atoms with van der Waals surface area (Å²) in [5, 5.41) is 10.4. The highest BCUT2D eigenvalue weighted by Crippen LogP contribution is 2.12. The first-order valence-electron chi connectivity index (χ1n) is 5.54. The average Bonchev–Trinajstić information content (AvgIpc) is 2.73. The van der Waals surface area contributed by atoms with Gasteiger partial charge in [-0.05, 0) is 19.4 Å². The first-order chi connectivity index (χ1) is 7.77. The van der Waals surface area contributed by atoms with Crippen molar-refractivity contribution in [1.82, 2.24) is 15.5 Å². The third kappa shape index (κ3) is 2.49. The third-order valence-electron chi connectivity index (χ3n) is 2.83. The lowest BCUT2D eigenvalue weighted by Gasteiger charge is -2.13. The van der Waals surface area contributed by atoms with Gasteiger partial charge in [-0.1, -0.05) is 30.3 Å². The van der Waals surface area contributed by atoms with E-state index >= 15 is 0 Å². The van der Waals surface area contributed by atoms with Crippen molar-refractivity contribution in [3.8, 4) is 0 Å². The maximum Gasteiger partial charge on any atom is 0.0535 e. The van der Waals surface area contributed by atoms with Gasteiger partial charge >= 0.3 is 0 Å². The van der Waals surface area contributed by atoms with E-state index < -0.39 is 0 Å². The molecule has 0 fully saturated rings. The van der Waals surface area contributed by atoms with E-state index in [1.165, 1.54) is 11.1 Å². The normalized spacial score (nSPS) is 12.6. The Bertz CT molecular complexity index is 433. The zero-order valence-corrected chi connectivity index (χ0v) is 9.70. The molecule has 0 aliphatic rings. The molecule has 0 bridgehead atoms. The Morgan fingerprint density at radius 1 is 1.31 bits per heavy atom. The molecule has 1 aromatic heterocycles. The van der Waals surface area contributed by atoms with Gasteiger partial charge in [0.05, 0.1) is 6.20 Å². The fourth-order valence-electron chi connectivity index (χ4n) is 1.68. The Morgan fingerprint density at radius 2 is 2.06 bits per heavy atom. The molecule has 1 atom stereocenters. The molecule has 0 radical (unpaired) electrons. The summed E-state index contributed by atoms with van der Waals surface area (Å²) in [7, 11) is 0. The minimum absolute atomic E-state index is 0.357. The summed E-state index contributed by atoms with van der Waals surface area (Å²) in [6.07, 6.45) is 1.88. The second kappa shape index (κ2) is 4.94. The molecular formula is C13H17N3. The lowest BCUT2D eigenvalue weighted by molar-refractivity contribution is 0.573. The van der Waals surface area contributed by atoms with Crippen LogP contribution in [0.4, 0.5) is 0 Å².